The van der Waals surface area contributed by atoms with Crippen LogP contribution >= 0.6 is 0 Å². The lowest BCUT2D eigenvalue weighted by molar-refractivity contribution is -0.118. The predicted octanol–water partition coefficient (Wildman–Crippen LogP) is 3.03. The van der Waals surface area contributed by atoms with Crippen molar-refractivity contribution in [1.82, 2.24) is 20.1 Å². The molecule has 7 heteroatoms. The van der Waals surface area contributed by atoms with Crippen LogP contribution in [0.4, 0.5) is 5.69 Å². The average molecular weight is 391 g/mol. The average Bonchev–Trinajstić information content (AvgIpc) is 3.20. The van der Waals surface area contributed by atoms with Gasteiger partial charge in [0.05, 0.1) is 6.54 Å². The minimum absolute atomic E-state index is 0.0593. The summed E-state index contributed by atoms with van der Waals surface area (Å²) in [7, 11) is 0. The number of nitrogens with zero attached hydrogens (tertiary/aromatic N) is 3. The van der Waals surface area contributed by atoms with Gasteiger partial charge in [-0.25, -0.2) is 9.67 Å². The van der Waals surface area contributed by atoms with Gasteiger partial charge in [0.2, 0.25) is 5.91 Å². The summed E-state index contributed by atoms with van der Waals surface area (Å²) in [6.07, 6.45) is 3.14. The van der Waals surface area contributed by atoms with Crippen LogP contribution in [0.3, 0.4) is 0 Å². The first kappa shape index (κ1) is 20.3. The van der Waals surface area contributed by atoms with Crippen molar-refractivity contribution in [2.75, 3.05) is 5.32 Å². The highest BCUT2D eigenvalue weighted by molar-refractivity contribution is 6.01. The molecule has 1 heterocycles. The molecule has 0 saturated heterocycles. The van der Waals surface area contributed by atoms with Gasteiger partial charge in [-0.05, 0) is 42.7 Å². The molecule has 2 aromatic carbocycles. The van der Waals surface area contributed by atoms with Crippen molar-refractivity contribution in [3.8, 4) is 0 Å². The van der Waals surface area contributed by atoms with Gasteiger partial charge in [-0.2, -0.15) is 5.10 Å². The minimum Gasteiger partial charge on any atom is -0.340 e. The van der Waals surface area contributed by atoms with Crippen molar-refractivity contribution in [3.63, 3.8) is 0 Å². The molecule has 7 nitrogen and oxygen atoms in total. The van der Waals surface area contributed by atoms with Gasteiger partial charge in [-0.15, -0.1) is 0 Å². The number of hydrogen-bond acceptors (Lipinski definition) is 4. The summed E-state index contributed by atoms with van der Waals surface area (Å²) >= 11 is 0. The molecule has 0 aliphatic heterocycles. The first-order valence-corrected chi connectivity index (χ1v) is 9.52. The Hall–Kier alpha value is -3.48. The molecule has 2 amide bonds. The fourth-order valence-corrected chi connectivity index (χ4v) is 2.88. The molecule has 0 aliphatic rings. The molecule has 3 rings (SSSR count). The summed E-state index contributed by atoms with van der Waals surface area (Å²) in [5.74, 6) is -0.567. The van der Waals surface area contributed by atoms with Crippen LogP contribution in [-0.4, -0.2) is 32.6 Å². The highest BCUT2D eigenvalue weighted by Gasteiger charge is 2.24. The Labute approximate surface area is 170 Å². The third kappa shape index (κ3) is 5.51. The number of anilines is 1. The second-order valence-electron chi connectivity index (χ2n) is 7.34. The second kappa shape index (κ2) is 9.14. The molecule has 0 saturated carbocycles. The van der Waals surface area contributed by atoms with E-state index in [4.69, 9.17) is 0 Å². The van der Waals surface area contributed by atoms with Crippen LogP contribution in [0.15, 0.2) is 61.2 Å². The van der Waals surface area contributed by atoms with Gasteiger partial charge in [0, 0.05) is 11.3 Å². The Kier molecular flexibility index (Phi) is 6.39. The molecular formula is C22H25N5O2. The van der Waals surface area contributed by atoms with Crippen LogP contribution in [0.25, 0.3) is 0 Å². The van der Waals surface area contributed by atoms with Crippen LogP contribution in [0.1, 0.15) is 35.3 Å². The standard InChI is InChI=1S/C22H25N5O2/c1-15(2)20(26-21(28)18-8-4-16(3)5-9-18)22(29)25-19-10-6-17(7-11-19)12-27-14-23-13-24-27/h4-11,13-15,20H,12H2,1-3H3,(H,25,29)(H,26,28). The monoisotopic (exact) mass is 391 g/mol. The first-order valence-electron chi connectivity index (χ1n) is 9.52. The van der Waals surface area contributed by atoms with Crippen molar-refractivity contribution < 1.29 is 9.59 Å². The van der Waals surface area contributed by atoms with Crippen LogP contribution < -0.4 is 10.6 Å². The highest BCUT2D eigenvalue weighted by Crippen LogP contribution is 2.13. The van der Waals surface area contributed by atoms with Crippen molar-refractivity contribution in [3.05, 3.63) is 77.9 Å². The summed E-state index contributed by atoms with van der Waals surface area (Å²) in [6, 6.07) is 14.1. The molecule has 150 valence electrons. The Bertz CT molecular complexity index is 948. The number of nitrogens with one attached hydrogen (secondary N) is 2. The van der Waals surface area contributed by atoms with Gasteiger partial charge in [0.15, 0.2) is 0 Å². The third-order valence-electron chi connectivity index (χ3n) is 4.58. The van der Waals surface area contributed by atoms with Crippen molar-refractivity contribution in [2.24, 2.45) is 5.92 Å². The summed E-state index contributed by atoms with van der Waals surface area (Å²) in [6.45, 7) is 6.38. The quantitative estimate of drug-likeness (QED) is 0.648. The Balaban J connectivity index is 1.63. The number of aromatic nitrogens is 3. The van der Waals surface area contributed by atoms with E-state index in [1.165, 1.54) is 6.33 Å². The smallest absolute Gasteiger partial charge is 0.251 e. The molecule has 2 N–H and O–H groups in total. The Morgan fingerprint density at radius 2 is 1.72 bits per heavy atom. The van der Waals surface area contributed by atoms with Crippen LogP contribution in [0.2, 0.25) is 0 Å². The summed E-state index contributed by atoms with van der Waals surface area (Å²) < 4.78 is 1.73. The van der Waals surface area contributed by atoms with Crippen LogP contribution in [0.5, 0.6) is 0 Å². The maximum absolute atomic E-state index is 12.8. The number of carbonyl (C=O) groups excluding carboxylic acids is 2. The molecule has 3 aromatic rings. The largest absolute Gasteiger partial charge is 0.340 e. The summed E-state index contributed by atoms with van der Waals surface area (Å²) in [5, 5.41) is 9.81. The molecule has 0 aliphatic carbocycles. The van der Waals surface area contributed by atoms with Gasteiger partial charge < -0.3 is 10.6 Å². The van der Waals surface area contributed by atoms with Gasteiger partial charge >= 0.3 is 0 Å². The number of carbonyl (C=O) groups is 2. The molecule has 0 bridgehead atoms. The van der Waals surface area contributed by atoms with Gasteiger partial charge in [0.1, 0.15) is 18.7 Å². The van der Waals surface area contributed by atoms with Crippen molar-refractivity contribution >= 4 is 17.5 Å². The van der Waals surface area contributed by atoms with E-state index in [0.29, 0.717) is 17.8 Å². The number of hydrogen-bond donors (Lipinski definition) is 2. The van der Waals surface area contributed by atoms with Gasteiger partial charge in [-0.3, -0.25) is 9.59 Å². The second-order valence-corrected chi connectivity index (χ2v) is 7.34. The highest BCUT2D eigenvalue weighted by atomic mass is 16.2. The predicted molar refractivity (Wildman–Crippen MR) is 111 cm³/mol. The van der Waals surface area contributed by atoms with E-state index in [1.54, 1.807) is 23.1 Å². The number of rotatable bonds is 7. The molecular weight excluding hydrogens is 366 g/mol. The molecule has 0 radical (unpaired) electrons. The maximum Gasteiger partial charge on any atom is 0.251 e. The fraction of sp³-hybridized carbons (Fsp3) is 0.273. The number of amides is 2. The SMILES string of the molecule is Cc1ccc(C(=O)NC(C(=O)Nc2ccc(Cn3cncn3)cc2)C(C)C)cc1. The third-order valence-corrected chi connectivity index (χ3v) is 4.58. The van der Waals surface area contributed by atoms with E-state index in [9.17, 15) is 9.59 Å². The number of aryl methyl sites for hydroxylation is 1. The fourth-order valence-electron chi connectivity index (χ4n) is 2.88. The lowest BCUT2D eigenvalue weighted by Crippen LogP contribution is -2.47. The molecule has 29 heavy (non-hydrogen) atoms. The molecule has 1 unspecified atom stereocenters. The van der Waals surface area contributed by atoms with E-state index in [-0.39, 0.29) is 17.7 Å². The van der Waals surface area contributed by atoms with Gasteiger partial charge in [-0.1, -0.05) is 43.7 Å². The lowest BCUT2D eigenvalue weighted by atomic mass is 10.0. The zero-order chi connectivity index (χ0) is 20.8. The van der Waals surface area contributed by atoms with Crippen LogP contribution in [0, 0.1) is 12.8 Å². The Morgan fingerprint density at radius 1 is 1.03 bits per heavy atom. The van der Waals surface area contributed by atoms with E-state index in [0.717, 1.165) is 11.1 Å². The summed E-state index contributed by atoms with van der Waals surface area (Å²) in [5.41, 5.74) is 3.33. The topological polar surface area (TPSA) is 88.9 Å². The minimum atomic E-state index is -0.640. The molecule has 0 fully saturated rings. The van der Waals surface area contributed by atoms with E-state index in [2.05, 4.69) is 20.7 Å². The van der Waals surface area contributed by atoms with Crippen molar-refractivity contribution in [2.45, 2.75) is 33.4 Å². The van der Waals surface area contributed by atoms with Crippen LogP contribution in [-0.2, 0) is 11.3 Å². The molecule has 1 atom stereocenters. The zero-order valence-corrected chi connectivity index (χ0v) is 16.8. The Morgan fingerprint density at radius 3 is 2.31 bits per heavy atom. The first-order chi connectivity index (χ1) is 13.9. The van der Waals surface area contributed by atoms with Crippen molar-refractivity contribution in [1.29, 1.82) is 0 Å². The normalized spacial score (nSPS) is 11.9. The van der Waals surface area contributed by atoms with Gasteiger partial charge in [0.25, 0.3) is 5.91 Å². The van der Waals surface area contributed by atoms with E-state index in [1.807, 2.05) is 57.2 Å². The molecule has 0 spiro atoms. The summed E-state index contributed by atoms with van der Waals surface area (Å²) in [4.78, 5) is 29.2. The molecule has 1 aromatic heterocycles. The van der Waals surface area contributed by atoms with E-state index >= 15 is 0 Å². The number of benzene rings is 2. The maximum atomic E-state index is 12.8. The van der Waals surface area contributed by atoms with E-state index < -0.39 is 6.04 Å². The lowest BCUT2D eigenvalue weighted by Gasteiger charge is -2.22. The zero-order valence-electron chi connectivity index (χ0n) is 16.8.